The number of amides is 1. The zero-order valence-electron chi connectivity index (χ0n) is 7.95. The Morgan fingerprint density at radius 1 is 1.71 bits per heavy atom. The lowest BCUT2D eigenvalue weighted by Gasteiger charge is -2.06. The van der Waals surface area contributed by atoms with Crippen molar-refractivity contribution in [3.05, 3.63) is 17.5 Å². The summed E-state index contributed by atoms with van der Waals surface area (Å²) in [5.74, 6) is -0.480. The molecule has 14 heavy (non-hydrogen) atoms. The molecule has 0 unspecified atom stereocenters. The van der Waals surface area contributed by atoms with Crippen LogP contribution in [0, 0.1) is 11.3 Å². The van der Waals surface area contributed by atoms with E-state index in [1.54, 1.807) is 10.6 Å². The van der Waals surface area contributed by atoms with Gasteiger partial charge in [-0.25, -0.2) is 0 Å². The molecule has 0 bridgehead atoms. The Kier molecular flexibility index (Phi) is 2.77. The van der Waals surface area contributed by atoms with E-state index in [1.807, 2.05) is 13.0 Å². The maximum atomic E-state index is 10.8. The lowest BCUT2D eigenvalue weighted by molar-refractivity contribution is -0.118. The molecule has 5 heteroatoms. The number of anilines is 1. The maximum absolute atomic E-state index is 10.8. The SMILES string of the molecule is CCc1c(N)cc(C#N)n1CC(N)=O. The predicted molar refractivity (Wildman–Crippen MR) is 52.1 cm³/mol. The standard InChI is InChI=1S/C9H12N4O/c1-2-8-7(11)3-6(4-10)13(8)5-9(12)14/h3H,2,5,11H2,1H3,(H2,12,14). The Morgan fingerprint density at radius 3 is 2.79 bits per heavy atom. The summed E-state index contributed by atoms with van der Waals surface area (Å²) >= 11 is 0. The normalized spacial score (nSPS) is 9.71. The van der Waals surface area contributed by atoms with E-state index in [-0.39, 0.29) is 6.54 Å². The van der Waals surface area contributed by atoms with E-state index in [4.69, 9.17) is 16.7 Å². The molecule has 0 aliphatic carbocycles. The van der Waals surface area contributed by atoms with Crippen LogP contribution in [0.2, 0.25) is 0 Å². The average molecular weight is 192 g/mol. The average Bonchev–Trinajstić information content (AvgIpc) is 2.41. The minimum atomic E-state index is -0.480. The van der Waals surface area contributed by atoms with Crippen LogP contribution in [0.15, 0.2) is 6.07 Å². The Bertz CT molecular complexity index is 400. The summed E-state index contributed by atoms with van der Waals surface area (Å²) in [5.41, 5.74) is 12.4. The van der Waals surface area contributed by atoms with Gasteiger partial charge in [0.15, 0.2) is 0 Å². The molecule has 1 aromatic rings. The minimum absolute atomic E-state index is 0.00324. The van der Waals surface area contributed by atoms with Gasteiger partial charge in [-0.2, -0.15) is 5.26 Å². The van der Waals surface area contributed by atoms with Gasteiger partial charge >= 0.3 is 0 Å². The van der Waals surface area contributed by atoms with Crippen molar-refractivity contribution in [2.24, 2.45) is 5.73 Å². The van der Waals surface area contributed by atoms with Crippen LogP contribution in [-0.2, 0) is 17.8 Å². The van der Waals surface area contributed by atoms with Crippen molar-refractivity contribution >= 4 is 11.6 Å². The summed E-state index contributed by atoms with van der Waals surface area (Å²) in [4.78, 5) is 10.8. The molecule has 5 nitrogen and oxygen atoms in total. The topological polar surface area (TPSA) is 97.8 Å². The highest BCUT2D eigenvalue weighted by Crippen LogP contribution is 2.18. The van der Waals surface area contributed by atoms with Crippen LogP contribution in [0.3, 0.4) is 0 Å². The summed E-state index contributed by atoms with van der Waals surface area (Å²) in [5, 5.41) is 8.79. The van der Waals surface area contributed by atoms with Gasteiger partial charge < -0.3 is 16.0 Å². The van der Waals surface area contributed by atoms with Crippen molar-refractivity contribution in [1.82, 2.24) is 4.57 Å². The molecule has 0 aliphatic rings. The molecular formula is C9H12N4O. The molecule has 1 aromatic heterocycles. The second-order valence-electron chi connectivity index (χ2n) is 2.95. The zero-order valence-corrected chi connectivity index (χ0v) is 7.95. The lowest BCUT2D eigenvalue weighted by atomic mass is 10.3. The number of aromatic nitrogens is 1. The quantitative estimate of drug-likeness (QED) is 0.704. The van der Waals surface area contributed by atoms with Crippen molar-refractivity contribution in [2.45, 2.75) is 19.9 Å². The predicted octanol–water partition coefficient (Wildman–Crippen LogP) is -0.0103. The molecule has 74 valence electrons. The van der Waals surface area contributed by atoms with Crippen LogP contribution in [0.1, 0.15) is 18.3 Å². The molecule has 0 aromatic carbocycles. The van der Waals surface area contributed by atoms with E-state index in [9.17, 15) is 4.79 Å². The Morgan fingerprint density at radius 2 is 2.36 bits per heavy atom. The lowest BCUT2D eigenvalue weighted by Crippen LogP contribution is -2.21. The van der Waals surface area contributed by atoms with Gasteiger partial charge in [-0.3, -0.25) is 4.79 Å². The van der Waals surface area contributed by atoms with Gasteiger partial charge in [-0.15, -0.1) is 0 Å². The number of nitrogens with zero attached hydrogens (tertiary/aromatic N) is 2. The summed E-state index contributed by atoms with van der Waals surface area (Å²) in [7, 11) is 0. The largest absolute Gasteiger partial charge is 0.397 e. The maximum Gasteiger partial charge on any atom is 0.237 e. The molecule has 1 heterocycles. The van der Waals surface area contributed by atoms with Crippen LogP contribution in [0.25, 0.3) is 0 Å². The number of rotatable bonds is 3. The van der Waals surface area contributed by atoms with E-state index in [0.29, 0.717) is 17.8 Å². The first-order valence-electron chi connectivity index (χ1n) is 4.26. The zero-order chi connectivity index (χ0) is 10.7. The Balaban J connectivity index is 3.22. The minimum Gasteiger partial charge on any atom is -0.397 e. The van der Waals surface area contributed by atoms with Crippen LogP contribution in [0.5, 0.6) is 0 Å². The first-order chi connectivity index (χ1) is 6.60. The van der Waals surface area contributed by atoms with Crippen LogP contribution >= 0.6 is 0 Å². The van der Waals surface area contributed by atoms with Gasteiger partial charge in [-0.1, -0.05) is 6.92 Å². The van der Waals surface area contributed by atoms with Crippen LogP contribution in [-0.4, -0.2) is 10.5 Å². The smallest absolute Gasteiger partial charge is 0.237 e. The van der Waals surface area contributed by atoms with Crippen molar-refractivity contribution in [3.8, 4) is 6.07 Å². The first kappa shape index (κ1) is 10.1. The van der Waals surface area contributed by atoms with Crippen LogP contribution in [0.4, 0.5) is 5.69 Å². The first-order valence-corrected chi connectivity index (χ1v) is 4.26. The molecule has 0 fully saturated rings. The highest BCUT2D eigenvalue weighted by atomic mass is 16.1. The van der Waals surface area contributed by atoms with Gasteiger partial charge in [0.2, 0.25) is 5.91 Å². The van der Waals surface area contributed by atoms with Crippen molar-refractivity contribution in [2.75, 3.05) is 5.73 Å². The fourth-order valence-electron chi connectivity index (χ4n) is 1.43. The third-order valence-corrected chi connectivity index (χ3v) is 2.01. The number of nitrogens with two attached hydrogens (primary N) is 2. The molecule has 0 saturated heterocycles. The number of nitrogen functional groups attached to an aromatic ring is 1. The highest BCUT2D eigenvalue weighted by molar-refractivity contribution is 5.74. The monoisotopic (exact) mass is 192 g/mol. The van der Waals surface area contributed by atoms with E-state index in [2.05, 4.69) is 0 Å². The molecular weight excluding hydrogens is 180 g/mol. The molecule has 1 amide bonds. The summed E-state index contributed by atoms with van der Waals surface area (Å²) < 4.78 is 1.55. The van der Waals surface area contributed by atoms with Crippen molar-refractivity contribution < 1.29 is 4.79 Å². The van der Waals surface area contributed by atoms with E-state index >= 15 is 0 Å². The number of primary amides is 1. The van der Waals surface area contributed by atoms with Crippen LogP contribution < -0.4 is 11.5 Å². The number of hydrogen-bond donors (Lipinski definition) is 2. The number of hydrogen-bond acceptors (Lipinski definition) is 3. The second kappa shape index (κ2) is 3.83. The number of carbonyl (C=O) groups is 1. The molecule has 4 N–H and O–H groups in total. The van der Waals surface area contributed by atoms with Crippen molar-refractivity contribution in [3.63, 3.8) is 0 Å². The van der Waals surface area contributed by atoms with E-state index in [1.165, 1.54) is 0 Å². The third-order valence-electron chi connectivity index (χ3n) is 2.01. The third kappa shape index (κ3) is 1.69. The fourth-order valence-corrected chi connectivity index (χ4v) is 1.43. The van der Waals surface area contributed by atoms with Gasteiger partial charge in [0, 0.05) is 5.69 Å². The summed E-state index contributed by atoms with van der Waals surface area (Å²) in [6, 6.07) is 3.53. The van der Waals surface area contributed by atoms with Gasteiger partial charge in [0.25, 0.3) is 0 Å². The van der Waals surface area contributed by atoms with Gasteiger partial charge in [0.05, 0.1) is 5.69 Å². The molecule has 0 spiro atoms. The highest BCUT2D eigenvalue weighted by Gasteiger charge is 2.12. The molecule has 0 atom stereocenters. The molecule has 0 radical (unpaired) electrons. The molecule has 0 saturated carbocycles. The second-order valence-corrected chi connectivity index (χ2v) is 2.95. The van der Waals surface area contributed by atoms with Crippen molar-refractivity contribution in [1.29, 1.82) is 5.26 Å². The van der Waals surface area contributed by atoms with Gasteiger partial charge in [0.1, 0.15) is 18.3 Å². The summed E-state index contributed by atoms with van der Waals surface area (Å²) in [6.07, 6.45) is 0.667. The molecule has 1 rings (SSSR count). The summed E-state index contributed by atoms with van der Waals surface area (Å²) in [6.45, 7) is 1.91. The van der Waals surface area contributed by atoms with E-state index in [0.717, 1.165) is 5.69 Å². The number of carbonyl (C=O) groups excluding carboxylic acids is 1. The van der Waals surface area contributed by atoms with Gasteiger partial charge in [-0.05, 0) is 12.5 Å². The number of nitriles is 1. The Labute approximate surface area is 81.9 Å². The van der Waals surface area contributed by atoms with E-state index < -0.39 is 5.91 Å². The molecule has 0 aliphatic heterocycles. The fraction of sp³-hybridized carbons (Fsp3) is 0.333. The Hall–Kier alpha value is -1.96.